The molecule has 0 bridgehead atoms. The summed E-state index contributed by atoms with van der Waals surface area (Å²) in [5, 5.41) is 0. The van der Waals surface area contributed by atoms with Crippen molar-refractivity contribution in [2.45, 2.75) is 0 Å². The first-order valence-corrected chi connectivity index (χ1v) is 5.69. The van der Waals surface area contributed by atoms with Crippen LogP contribution in [0.4, 0.5) is 0 Å². The molecule has 0 unspecified atom stereocenters. The van der Waals surface area contributed by atoms with Crippen LogP contribution in [0.2, 0.25) is 0 Å². The molecular formula is H3CeCl3O12. The second kappa shape index (κ2) is 10.7. The molecule has 16 heteroatoms. The van der Waals surface area contributed by atoms with Crippen LogP contribution in [0.1, 0.15) is 0 Å². The molecule has 16 heavy (non-hydrogen) atoms. The second-order valence-electron chi connectivity index (χ2n) is 1.19. The second-order valence-corrected chi connectivity index (χ2v) is 3.56. The molecular weight excluding hydrogens is 438 g/mol. The first-order chi connectivity index (χ1) is 6.00. The van der Waals surface area contributed by atoms with Crippen LogP contribution in [-0.2, 0) is 0 Å². The van der Waals surface area contributed by atoms with Gasteiger partial charge >= 0.3 is 0 Å². The summed E-state index contributed by atoms with van der Waals surface area (Å²) in [5.41, 5.74) is 0. The molecule has 0 aromatic rings. The summed E-state index contributed by atoms with van der Waals surface area (Å²) in [6.45, 7) is 0. The van der Waals surface area contributed by atoms with Crippen LogP contribution < -0.4 is 41.9 Å². The van der Waals surface area contributed by atoms with Gasteiger partial charge in [0.2, 0.25) is 0 Å². The number of halogens is 3. The average Bonchev–Trinajstić information content (AvgIpc) is 1.41. The van der Waals surface area contributed by atoms with Gasteiger partial charge in [-0.2, -0.15) is 41.9 Å². The zero-order valence-corrected chi connectivity index (χ0v) is 12.1. The molecule has 0 rings (SSSR count). The smallest absolute Gasteiger partial charge is 0.0777 e. The Labute approximate surface area is 127 Å². The van der Waals surface area contributed by atoms with E-state index in [1.807, 2.05) is 0 Å². The van der Waals surface area contributed by atoms with E-state index in [4.69, 9.17) is 55.9 Å². The zero-order chi connectivity index (χ0) is 13.5. The molecule has 0 fully saturated rings. The van der Waals surface area contributed by atoms with Gasteiger partial charge in [-0.1, -0.05) is 0 Å². The molecule has 0 atom stereocenters. The van der Waals surface area contributed by atoms with Gasteiger partial charge in [-0.15, -0.1) is 0 Å². The molecule has 12 nitrogen and oxygen atoms in total. The van der Waals surface area contributed by atoms with E-state index in [1.54, 1.807) is 0 Å². The van der Waals surface area contributed by atoms with Gasteiger partial charge in [0.15, 0.2) is 0 Å². The minimum atomic E-state index is -4.69. The molecule has 0 amide bonds. The average molecular weight is 441 g/mol. The van der Waals surface area contributed by atoms with E-state index < -0.39 is 30.7 Å². The molecule has 0 saturated carbocycles. The van der Waals surface area contributed by atoms with Gasteiger partial charge in [0, 0.05) is 41.7 Å². The van der Waals surface area contributed by atoms with Crippen LogP contribution >= 0.6 is 0 Å². The van der Waals surface area contributed by atoms with Crippen LogP contribution in [0.25, 0.3) is 0 Å². The van der Waals surface area contributed by atoms with Gasteiger partial charge in [0.25, 0.3) is 0 Å². The van der Waals surface area contributed by atoms with E-state index in [-0.39, 0.29) is 41.7 Å². The molecule has 0 radical (unpaired) electrons. The van der Waals surface area contributed by atoms with Crippen LogP contribution in [-0.4, -0.2) is 14.0 Å². The Morgan fingerprint density at radius 1 is 0.438 bits per heavy atom. The van der Waals surface area contributed by atoms with E-state index in [0.29, 0.717) is 0 Å². The Hall–Kier alpha value is 1.77. The van der Waals surface area contributed by atoms with E-state index in [0.717, 1.165) is 0 Å². The van der Waals surface area contributed by atoms with E-state index in [9.17, 15) is 0 Å². The Morgan fingerprint density at radius 3 is 0.438 bits per heavy atom. The standard InChI is InChI=1S/Ce.3ClHO4/c;3*2-1(3,4)5/h;3*(H,2,3,4,5). The minimum absolute atomic E-state index is 0. The summed E-state index contributed by atoms with van der Waals surface area (Å²) in [6, 6.07) is 0. The topological polar surface area (TPSA) is 268 Å². The Morgan fingerprint density at radius 2 is 0.438 bits per heavy atom. The summed E-state index contributed by atoms with van der Waals surface area (Å²) in [6.07, 6.45) is 0. The maximum Gasteiger partial charge on any atom is 0.0777 e. The molecule has 0 aromatic heterocycles. The summed E-state index contributed by atoms with van der Waals surface area (Å²) < 4.78 is 98.2. The first kappa shape index (κ1) is 26.4. The fourth-order valence-electron chi connectivity index (χ4n) is 0. The van der Waals surface area contributed by atoms with Crippen molar-refractivity contribution in [3.8, 4) is 0 Å². The van der Waals surface area contributed by atoms with Gasteiger partial charge in [-0.05, 0) is 0 Å². The van der Waals surface area contributed by atoms with Crippen LogP contribution in [0.15, 0.2) is 0 Å². The zero-order valence-electron chi connectivity index (χ0n) is 6.65. The molecule has 100 valence electrons. The minimum Gasteiger partial charge on any atom is -0.183 e. The first-order valence-electron chi connectivity index (χ1n) is 1.90. The van der Waals surface area contributed by atoms with E-state index in [1.165, 1.54) is 0 Å². The molecule has 3 N–H and O–H groups in total. The Bertz CT molecular complexity index is 91.3. The van der Waals surface area contributed by atoms with Crippen LogP contribution in [0.5, 0.6) is 0 Å². The summed E-state index contributed by atoms with van der Waals surface area (Å²) in [7, 11) is -14.1. The number of rotatable bonds is 0. The molecule has 0 saturated heterocycles. The van der Waals surface area contributed by atoms with Crippen molar-refractivity contribution in [2.24, 2.45) is 0 Å². The van der Waals surface area contributed by atoms with E-state index >= 15 is 0 Å². The van der Waals surface area contributed by atoms with Crippen molar-refractivity contribution < 1.29 is 128 Å². The Kier molecular flexibility index (Phi) is 17.6. The van der Waals surface area contributed by atoms with Crippen molar-refractivity contribution in [1.29, 1.82) is 0 Å². The summed E-state index contributed by atoms with van der Waals surface area (Å²) >= 11 is 0. The van der Waals surface area contributed by atoms with Crippen molar-refractivity contribution in [1.82, 2.24) is 0 Å². The molecule has 0 spiro atoms. The predicted octanol–water partition coefficient (Wildman–Crippen LogP) is -12.4. The van der Waals surface area contributed by atoms with Crippen LogP contribution in [0, 0.1) is 72.5 Å². The van der Waals surface area contributed by atoms with Gasteiger partial charge in [0.1, 0.15) is 0 Å². The van der Waals surface area contributed by atoms with Gasteiger partial charge in [-0.25, -0.2) is 0 Å². The van der Waals surface area contributed by atoms with E-state index in [2.05, 4.69) is 0 Å². The largest absolute Gasteiger partial charge is 0.183 e. The molecule has 0 aliphatic heterocycles. The van der Waals surface area contributed by atoms with Crippen molar-refractivity contribution in [2.75, 3.05) is 0 Å². The third-order valence-electron chi connectivity index (χ3n) is 0. The fourth-order valence-corrected chi connectivity index (χ4v) is 0. The molecule has 0 heterocycles. The molecule has 0 aromatic carbocycles. The quantitative estimate of drug-likeness (QED) is 0.316. The molecule has 0 aliphatic rings. The predicted molar refractivity (Wildman–Crippen MR) is 6.66 cm³/mol. The SMILES string of the molecule is [Ce].[O-][Cl+3]([O-])([O-])O.[O-][Cl+3]([O-])([O-])O.[O-][Cl+3]([O-])([O-])O. The van der Waals surface area contributed by atoms with Gasteiger partial charge < -0.3 is 0 Å². The van der Waals surface area contributed by atoms with Gasteiger partial charge in [0.05, 0.1) is 44.7 Å². The van der Waals surface area contributed by atoms with Crippen molar-refractivity contribution in [3.63, 3.8) is 0 Å². The fraction of sp³-hybridized carbons (Fsp3) is 0. The normalized spacial score (nSPS) is 11.2. The van der Waals surface area contributed by atoms with Crippen molar-refractivity contribution in [3.05, 3.63) is 0 Å². The van der Waals surface area contributed by atoms with Crippen molar-refractivity contribution >= 4 is 0 Å². The number of hydrogen-bond acceptors (Lipinski definition) is 12. The molecule has 0 aliphatic carbocycles. The third-order valence-corrected chi connectivity index (χ3v) is 0. The van der Waals surface area contributed by atoms with Crippen LogP contribution in [0.3, 0.4) is 0 Å². The third kappa shape index (κ3) is 1100. The maximum atomic E-state index is 8.60. The number of hydrogen-bond donors (Lipinski definition) is 3. The maximum absolute atomic E-state index is 8.60. The summed E-state index contributed by atoms with van der Waals surface area (Å²) in [5.74, 6) is 0. The van der Waals surface area contributed by atoms with Gasteiger partial charge in [-0.3, -0.25) is 0 Å². The monoisotopic (exact) mass is 440 g/mol. The summed E-state index contributed by atoms with van der Waals surface area (Å²) in [4.78, 5) is 0. The Balaban J connectivity index is -0.0000000655.